The van der Waals surface area contributed by atoms with Crippen LogP contribution in [0.15, 0.2) is 23.4 Å². The second kappa shape index (κ2) is 5.44. The van der Waals surface area contributed by atoms with Gasteiger partial charge < -0.3 is 5.43 Å². The fraction of sp³-hybridized carbons (Fsp3) is 0.500. The molecule has 0 amide bonds. The van der Waals surface area contributed by atoms with Crippen LogP contribution in [-0.2, 0) is 10.0 Å². The maximum Gasteiger partial charge on any atom is 0.262 e. The lowest BCUT2D eigenvalue weighted by molar-refractivity contribution is 0.379. The highest BCUT2D eigenvalue weighted by Gasteiger charge is 2.28. The lowest BCUT2D eigenvalue weighted by atomic mass is 10.3. The molecule has 0 aliphatic heterocycles. The highest BCUT2D eigenvalue weighted by atomic mass is 32.2. The second-order valence-corrected chi connectivity index (χ2v) is 5.69. The minimum Gasteiger partial charge on any atom is -0.321 e. The summed E-state index contributed by atoms with van der Waals surface area (Å²) in [6, 6.07) is 3.11. The smallest absolute Gasteiger partial charge is 0.262 e. The molecule has 0 spiro atoms. The van der Waals surface area contributed by atoms with Gasteiger partial charge in [-0.3, -0.25) is 5.84 Å². The van der Waals surface area contributed by atoms with Gasteiger partial charge in [-0.25, -0.2) is 13.4 Å². The number of hydrogen-bond acceptors (Lipinski definition) is 5. The zero-order valence-corrected chi connectivity index (χ0v) is 11.0. The van der Waals surface area contributed by atoms with Crippen molar-refractivity contribution in [1.29, 1.82) is 0 Å². The lowest BCUT2D eigenvalue weighted by Gasteiger charge is -2.23. The van der Waals surface area contributed by atoms with E-state index in [1.54, 1.807) is 19.2 Å². The molecular weight excluding hydrogens is 240 g/mol. The summed E-state index contributed by atoms with van der Waals surface area (Å²) < 4.78 is 25.9. The largest absolute Gasteiger partial charge is 0.321 e. The maximum atomic E-state index is 12.3. The Morgan fingerprint density at radius 3 is 2.76 bits per heavy atom. The molecular formula is C10H18N4O2S. The topological polar surface area (TPSA) is 88.3 Å². The molecule has 96 valence electrons. The van der Waals surface area contributed by atoms with Gasteiger partial charge in [-0.05, 0) is 25.5 Å². The minimum absolute atomic E-state index is 0.0506. The summed E-state index contributed by atoms with van der Waals surface area (Å²) in [5.74, 6) is 5.28. The molecule has 1 heterocycles. The van der Waals surface area contributed by atoms with Gasteiger partial charge in [0.25, 0.3) is 10.0 Å². The van der Waals surface area contributed by atoms with Crippen molar-refractivity contribution >= 4 is 15.7 Å². The predicted octanol–water partition coefficient (Wildman–Crippen LogP) is 0.786. The minimum atomic E-state index is -3.61. The molecule has 1 unspecified atom stereocenters. The van der Waals surface area contributed by atoms with Crippen molar-refractivity contribution in [3.63, 3.8) is 0 Å². The Labute approximate surface area is 102 Å². The normalized spacial score (nSPS) is 13.7. The number of sulfonamides is 1. The Bertz CT molecular complexity index is 475. The molecule has 0 saturated heterocycles. The highest BCUT2D eigenvalue weighted by molar-refractivity contribution is 7.89. The Balaban J connectivity index is 3.22. The molecule has 0 fully saturated rings. The predicted molar refractivity (Wildman–Crippen MR) is 66.7 cm³/mol. The summed E-state index contributed by atoms with van der Waals surface area (Å²) in [4.78, 5) is 3.89. The zero-order chi connectivity index (χ0) is 13.1. The third-order valence-corrected chi connectivity index (χ3v) is 4.69. The van der Waals surface area contributed by atoms with Gasteiger partial charge in [0.05, 0.1) is 5.69 Å². The van der Waals surface area contributed by atoms with Gasteiger partial charge in [0, 0.05) is 19.3 Å². The van der Waals surface area contributed by atoms with Crippen molar-refractivity contribution in [3.8, 4) is 0 Å². The molecule has 7 heteroatoms. The Kier molecular flexibility index (Phi) is 4.44. The summed E-state index contributed by atoms with van der Waals surface area (Å²) in [6.45, 7) is 3.77. The van der Waals surface area contributed by atoms with Crippen LogP contribution in [0.2, 0.25) is 0 Å². The van der Waals surface area contributed by atoms with Crippen molar-refractivity contribution in [2.45, 2.75) is 31.3 Å². The first kappa shape index (κ1) is 13.9. The number of nitrogen functional groups attached to an aromatic ring is 1. The average molecular weight is 258 g/mol. The van der Waals surface area contributed by atoms with Crippen LogP contribution in [0.3, 0.4) is 0 Å². The van der Waals surface area contributed by atoms with E-state index in [9.17, 15) is 8.42 Å². The molecule has 17 heavy (non-hydrogen) atoms. The number of nitrogens with one attached hydrogen (secondary N) is 1. The average Bonchev–Trinajstić information content (AvgIpc) is 2.36. The maximum absolute atomic E-state index is 12.3. The van der Waals surface area contributed by atoms with Crippen LogP contribution in [-0.4, -0.2) is 30.8 Å². The van der Waals surface area contributed by atoms with Crippen LogP contribution in [0.5, 0.6) is 0 Å². The Hall–Kier alpha value is -1.18. The van der Waals surface area contributed by atoms with E-state index in [2.05, 4.69) is 10.4 Å². The van der Waals surface area contributed by atoms with Gasteiger partial charge in [0.15, 0.2) is 5.03 Å². The van der Waals surface area contributed by atoms with Gasteiger partial charge in [0.2, 0.25) is 0 Å². The van der Waals surface area contributed by atoms with Gasteiger partial charge >= 0.3 is 0 Å². The Morgan fingerprint density at radius 2 is 2.24 bits per heavy atom. The molecule has 0 bridgehead atoms. The molecule has 1 aromatic heterocycles. The molecule has 1 atom stereocenters. The van der Waals surface area contributed by atoms with Crippen LogP contribution >= 0.6 is 0 Å². The molecule has 0 aromatic carbocycles. The molecule has 0 aliphatic rings. The first-order valence-electron chi connectivity index (χ1n) is 5.34. The molecule has 0 radical (unpaired) electrons. The van der Waals surface area contributed by atoms with E-state index in [4.69, 9.17) is 5.84 Å². The Morgan fingerprint density at radius 1 is 1.59 bits per heavy atom. The van der Waals surface area contributed by atoms with Crippen molar-refractivity contribution in [1.82, 2.24) is 9.29 Å². The monoisotopic (exact) mass is 258 g/mol. The van der Waals surface area contributed by atoms with Gasteiger partial charge in [-0.2, -0.15) is 4.31 Å². The number of anilines is 1. The standard InChI is InChI=1S/C10H18N4O2S/c1-4-8(2)14(3)17(15,16)10-9(13-11)6-5-7-12-10/h5-8,13H,4,11H2,1-3H3. The molecule has 1 rings (SSSR count). The molecule has 3 N–H and O–H groups in total. The summed E-state index contributed by atoms with van der Waals surface area (Å²) in [5.41, 5.74) is 2.64. The third kappa shape index (κ3) is 2.74. The van der Waals surface area contributed by atoms with E-state index in [0.717, 1.165) is 6.42 Å². The number of hydrazine groups is 1. The van der Waals surface area contributed by atoms with Crippen molar-refractivity contribution < 1.29 is 8.42 Å². The zero-order valence-electron chi connectivity index (χ0n) is 10.2. The second-order valence-electron chi connectivity index (χ2n) is 3.78. The summed E-state index contributed by atoms with van der Waals surface area (Å²) in [5, 5.41) is -0.0506. The quantitative estimate of drug-likeness (QED) is 0.602. The molecule has 6 nitrogen and oxygen atoms in total. The lowest BCUT2D eigenvalue weighted by Crippen LogP contribution is -2.35. The van der Waals surface area contributed by atoms with E-state index in [0.29, 0.717) is 5.69 Å². The van der Waals surface area contributed by atoms with Crippen LogP contribution in [0.4, 0.5) is 5.69 Å². The summed E-state index contributed by atoms with van der Waals surface area (Å²) in [7, 11) is -2.07. The van der Waals surface area contributed by atoms with Crippen LogP contribution < -0.4 is 11.3 Å². The third-order valence-electron chi connectivity index (χ3n) is 2.76. The van der Waals surface area contributed by atoms with E-state index >= 15 is 0 Å². The van der Waals surface area contributed by atoms with Gasteiger partial charge in [0.1, 0.15) is 0 Å². The SMILES string of the molecule is CCC(C)N(C)S(=O)(=O)c1ncccc1NN. The molecule has 0 aliphatic carbocycles. The van der Waals surface area contributed by atoms with E-state index in [-0.39, 0.29) is 11.1 Å². The first-order valence-corrected chi connectivity index (χ1v) is 6.78. The number of rotatable bonds is 5. The van der Waals surface area contributed by atoms with Crippen molar-refractivity contribution in [2.75, 3.05) is 12.5 Å². The summed E-state index contributed by atoms with van der Waals surface area (Å²) >= 11 is 0. The first-order chi connectivity index (χ1) is 7.95. The fourth-order valence-corrected chi connectivity index (χ4v) is 2.83. The van der Waals surface area contributed by atoms with E-state index in [1.165, 1.54) is 10.5 Å². The number of nitrogens with zero attached hydrogens (tertiary/aromatic N) is 2. The molecule has 0 saturated carbocycles. The van der Waals surface area contributed by atoms with Crippen LogP contribution in [0, 0.1) is 0 Å². The van der Waals surface area contributed by atoms with Crippen LogP contribution in [0.1, 0.15) is 20.3 Å². The number of nitrogens with two attached hydrogens (primary N) is 1. The number of pyridine rings is 1. The van der Waals surface area contributed by atoms with Crippen molar-refractivity contribution in [3.05, 3.63) is 18.3 Å². The van der Waals surface area contributed by atoms with Crippen molar-refractivity contribution in [2.24, 2.45) is 5.84 Å². The summed E-state index contributed by atoms with van der Waals surface area (Å²) in [6.07, 6.45) is 2.16. The van der Waals surface area contributed by atoms with Crippen LogP contribution in [0.25, 0.3) is 0 Å². The fourth-order valence-electron chi connectivity index (χ4n) is 1.34. The number of aromatic nitrogens is 1. The van der Waals surface area contributed by atoms with E-state index < -0.39 is 10.0 Å². The highest BCUT2D eigenvalue weighted by Crippen LogP contribution is 2.22. The number of hydrogen-bond donors (Lipinski definition) is 2. The molecule has 1 aromatic rings. The van der Waals surface area contributed by atoms with Gasteiger partial charge in [-0.15, -0.1) is 0 Å². The van der Waals surface area contributed by atoms with E-state index in [1.807, 2.05) is 13.8 Å². The van der Waals surface area contributed by atoms with Gasteiger partial charge in [-0.1, -0.05) is 6.92 Å².